The van der Waals surface area contributed by atoms with Crippen molar-refractivity contribution in [1.29, 1.82) is 0 Å². The number of urea groups is 1. The van der Waals surface area contributed by atoms with Crippen molar-refractivity contribution in [2.24, 2.45) is 5.41 Å². The average molecular weight is 270 g/mol. The van der Waals surface area contributed by atoms with Crippen LogP contribution in [0.15, 0.2) is 0 Å². The zero-order chi connectivity index (χ0) is 14.6. The molecule has 6 heteroatoms. The first-order valence-corrected chi connectivity index (χ1v) is 6.61. The third-order valence-electron chi connectivity index (χ3n) is 3.14. The van der Waals surface area contributed by atoms with Gasteiger partial charge >= 0.3 is 12.0 Å². The zero-order valence-corrected chi connectivity index (χ0v) is 11.7. The number of nitrogens with zero attached hydrogens (tertiary/aromatic N) is 1. The Morgan fingerprint density at radius 1 is 1.32 bits per heavy atom. The normalized spacial score (nSPS) is 14.9. The predicted octanol–water partition coefficient (Wildman–Crippen LogP) is 1.60. The van der Waals surface area contributed by atoms with Gasteiger partial charge in [0.2, 0.25) is 5.91 Å². The number of hydrogen-bond donors (Lipinski definition) is 2. The monoisotopic (exact) mass is 270 g/mol. The van der Waals surface area contributed by atoms with E-state index in [2.05, 4.69) is 5.32 Å². The maximum absolute atomic E-state index is 11.9. The highest BCUT2D eigenvalue weighted by Gasteiger charge is 2.34. The lowest BCUT2D eigenvalue weighted by atomic mass is 9.89. The van der Waals surface area contributed by atoms with Crippen LogP contribution in [0.3, 0.4) is 0 Å². The summed E-state index contributed by atoms with van der Waals surface area (Å²) in [7, 11) is 0. The van der Waals surface area contributed by atoms with Gasteiger partial charge in [-0.15, -0.1) is 0 Å². The van der Waals surface area contributed by atoms with Crippen LogP contribution in [0.4, 0.5) is 4.79 Å². The van der Waals surface area contributed by atoms with Crippen LogP contribution in [-0.4, -0.2) is 40.5 Å². The van der Waals surface area contributed by atoms with Gasteiger partial charge in [0.1, 0.15) is 0 Å². The molecule has 2 N–H and O–H groups in total. The fourth-order valence-corrected chi connectivity index (χ4v) is 1.79. The average Bonchev–Trinajstić information content (AvgIpc) is 3.08. The Labute approximate surface area is 113 Å². The molecule has 0 radical (unpaired) electrons. The second-order valence-corrected chi connectivity index (χ2v) is 5.64. The zero-order valence-electron chi connectivity index (χ0n) is 11.7. The number of carboxylic acids is 1. The Kier molecular flexibility index (Phi) is 4.91. The fraction of sp³-hybridized carbons (Fsp3) is 0.769. The molecule has 108 valence electrons. The quantitative estimate of drug-likeness (QED) is 0.767. The summed E-state index contributed by atoms with van der Waals surface area (Å²) in [5, 5.41) is 11.2. The second-order valence-electron chi connectivity index (χ2n) is 5.64. The molecule has 3 amide bonds. The molecule has 1 aliphatic rings. The van der Waals surface area contributed by atoms with Crippen molar-refractivity contribution in [3.05, 3.63) is 0 Å². The number of carboxylic acid groups (broad SMARTS) is 1. The maximum atomic E-state index is 11.9. The molecular weight excluding hydrogens is 248 g/mol. The summed E-state index contributed by atoms with van der Waals surface area (Å²) >= 11 is 0. The van der Waals surface area contributed by atoms with E-state index in [1.807, 2.05) is 6.92 Å². The van der Waals surface area contributed by atoms with Gasteiger partial charge in [0.05, 0.1) is 5.41 Å². The molecule has 1 aliphatic carbocycles. The third kappa shape index (κ3) is 4.54. The molecule has 6 nitrogen and oxygen atoms in total. The van der Waals surface area contributed by atoms with E-state index in [-0.39, 0.29) is 12.5 Å². The largest absolute Gasteiger partial charge is 0.481 e. The Morgan fingerprint density at radius 3 is 2.32 bits per heavy atom. The van der Waals surface area contributed by atoms with Crippen molar-refractivity contribution in [2.75, 3.05) is 6.54 Å². The molecule has 0 spiro atoms. The summed E-state index contributed by atoms with van der Waals surface area (Å²) in [6.45, 7) is 5.51. The summed E-state index contributed by atoms with van der Waals surface area (Å²) in [5.74, 6) is -1.60. The molecule has 0 aromatic rings. The fourth-order valence-electron chi connectivity index (χ4n) is 1.79. The summed E-state index contributed by atoms with van der Waals surface area (Å²) in [6.07, 6.45) is 2.57. The van der Waals surface area contributed by atoms with Crippen LogP contribution in [-0.2, 0) is 9.59 Å². The molecule has 0 unspecified atom stereocenters. The highest BCUT2D eigenvalue weighted by Crippen LogP contribution is 2.27. The number of rotatable bonds is 6. The minimum absolute atomic E-state index is 0.210. The first-order chi connectivity index (χ1) is 8.77. The molecule has 0 bridgehead atoms. The van der Waals surface area contributed by atoms with Crippen molar-refractivity contribution in [3.63, 3.8) is 0 Å². The molecule has 0 saturated heterocycles. The number of amides is 3. The van der Waals surface area contributed by atoms with Crippen LogP contribution in [0.25, 0.3) is 0 Å². The van der Waals surface area contributed by atoms with Crippen LogP contribution in [0.2, 0.25) is 0 Å². The van der Waals surface area contributed by atoms with Gasteiger partial charge in [-0.2, -0.15) is 0 Å². The SMILES string of the molecule is CCCN(C(=O)NC(=O)CC(C)(C)C(=O)O)C1CC1. The third-order valence-corrected chi connectivity index (χ3v) is 3.14. The number of nitrogens with one attached hydrogen (secondary N) is 1. The summed E-state index contributed by atoms with van der Waals surface area (Å²) < 4.78 is 0. The van der Waals surface area contributed by atoms with Crippen LogP contribution >= 0.6 is 0 Å². The van der Waals surface area contributed by atoms with Gasteiger partial charge in [0, 0.05) is 19.0 Å². The van der Waals surface area contributed by atoms with E-state index in [9.17, 15) is 14.4 Å². The molecule has 0 aromatic carbocycles. The second kappa shape index (κ2) is 6.04. The molecule has 0 aromatic heterocycles. The van der Waals surface area contributed by atoms with Gasteiger partial charge in [-0.25, -0.2) is 4.79 Å². The number of carbonyl (C=O) groups excluding carboxylic acids is 2. The van der Waals surface area contributed by atoms with Crippen LogP contribution < -0.4 is 5.32 Å². The van der Waals surface area contributed by atoms with E-state index in [1.165, 1.54) is 13.8 Å². The van der Waals surface area contributed by atoms with Crippen molar-refractivity contribution >= 4 is 17.9 Å². The standard InChI is InChI=1S/C13H22N2O4/c1-4-7-15(9-5-6-9)12(19)14-10(16)8-13(2,3)11(17)18/h9H,4-8H2,1-3H3,(H,17,18)(H,14,16,19). The van der Waals surface area contributed by atoms with Crippen LogP contribution in [0, 0.1) is 5.41 Å². The molecule has 0 aliphatic heterocycles. The smallest absolute Gasteiger partial charge is 0.324 e. The van der Waals surface area contributed by atoms with E-state index in [4.69, 9.17) is 5.11 Å². The van der Waals surface area contributed by atoms with Crippen LogP contribution in [0.5, 0.6) is 0 Å². The van der Waals surface area contributed by atoms with E-state index in [0.717, 1.165) is 19.3 Å². The molecule has 19 heavy (non-hydrogen) atoms. The Balaban J connectivity index is 2.51. The van der Waals surface area contributed by atoms with E-state index in [1.54, 1.807) is 4.90 Å². The first-order valence-electron chi connectivity index (χ1n) is 6.61. The van der Waals surface area contributed by atoms with Gasteiger partial charge in [0.15, 0.2) is 0 Å². The summed E-state index contributed by atoms with van der Waals surface area (Å²) in [5.41, 5.74) is -1.17. The minimum atomic E-state index is -1.17. The van der Waals surface area contributed by atoms with E-state index >= 15 is 0 Å². The highest BCUT2D eigenvalue weighted by atomic mass is 16.4. The summed E-state index contributed by atoms with van der Waals surface area (Å²) in [6, 6.07) is -0.171. The lowest BCUT2D eigenvalue weighted by molar-refractivity contribution is -0.149. The first kappa shape index (κ1) is 15.5. The number of carbonyl (C=O) groups is 3. The Hall–Kier alpha value is -1.59. The maximum Gasteiger partial charge on any atom is 0.324 e. The number of hydrogen-bond acceptors (Lipinski definition) is 3. The van der Waals surface area contributed by atoms with Gasteiger partial charge in [-0.05, 0) is 33.1 Å². The molecule has 0 atom stereocenters. The molecule has 1 saturated carbocycles. The molecule has 0 heterocycles. The van der Waals surface area contributed by atoms with Gasteiger partial charge < -0.3 is 10.0 Å². The van der Waals surface area contributed by atoms with Crippen molar-refractivity contribution in [2.45, 2.75) is 52.5 Å². The van der Waals surface area contributed by atoms with Crippen LogP contribution in [0.1, 0.15) is 46.5 Å². The van der Waals surface area contributed by atoms with E-state index < -0.39 is 23.3 Å². The number of aliphatic carboxylic acids is 1. The topological polar surface area (TPSA) is 86.7 Å². The Bertz CT molecular complexity index is 375. The van der Waals surface area contributed by atoms with Crippen molar-refractivity contribution in [1.82, 2.24) is 10.2 Å². The number of imide groups is 1. The lowest BCUT2D eigenvalue weighted by Crippen LogP contribution is -2.45. The minimum Gasteiger partial charge on any atom is -0.481 e. The molecular formula is C13H22N2O4. The highest BCUT2D eigenvalue weighted by molar-refractivity contribution is 5.96. The van der Waals surface area contributed by atoms with E-state index in [0.29, 0.717) is 6.54 Å². The van der Waals surface area contributed by atoms with Gasteiger partial charge in [-0.1, -0.05) is 6.92 Å². The molecule has 1 fully saturated rings. The van der Waals surface area contributed by atoms with Gasteiger partial charge in [0.25, 0.3) is 0 Å². The lowest BCUT2D eigenvalue weighted by Gasteiger charge is -2.23. The van der Waals surface area contributed by atoms with Crippen molar-refractivity contribution in [3.8, 4) is 0 Å². The van der Waals surface area contributed by atoms with Crippen molar-refractivity contribution < 1.29 is 19.5 Å². The predicted molar refractivity (Wildman–Crippen MR) is 69.6 cm³/mol. The van der Waals surface area contributed by atoms with Gasteiger partial charge in [-0.3, -0.25) is 14.9 Å². The Morgan fingerprint density at radius 2 is 1.89 bits per heavy atom. The summed E-state index contributed by atoms with van der Waals surface area (Å²) in [4.78, 5) is 36.2. The molecule has 1 rings (SSSR count).